The van der Waals surface area contributed by atoms with Crippen molar-refractivity contribution < 1.29 is 39.6 Å². The molecule has 0 bridgehead atoms. The normalized spacial score (nSPS) is 11.2. The fourth-order valence-electron chi connectivity index (χ4n) is 4.37. The van der Waals surface area contributed by atoms with Gasteiger partial charge in [0.1, 0.15) is 13.3 Å². The van der Waals surface area contributed by atoms with Gasteiger partial charge in [0, 0.05) is 0 Å². The molecule has 166 valence electrons. The molecule has 4 rings (SSSR count). The SMILES string of the molecule is CON=C(C)C=NO.[Na+].c1ccc([B-](c2ccccc2)(c2ccccc2)c2ccccc2)cc1. The summed E-state index contributed by atoms with van der Waals surface area (Å²) in [6.07, 6.45) is -0.0315. The molecule has 0 aliphatic carbocycles. The third-order valence-electron chi connectivity index (χ3n) is 5.68. The van der Waals surface area contributed by atoms with Crippen molar-refractivity contribution in [1.82, 2.24) is 0 Å². The molecule has 0 saturated heterocycles. The van der Waals surface area contributed by atoms with Crippen LogP contribution in [0.3, 0.4) is 0 Å². The zero-order chi connectivity index (χ0) is 23.4. The number of benzene rings is 4. The van der Waals surface area contributed by atoms with Crippen molar-refractivity contribution in [3.63, 3.8) is 0 Å². The third kappa shape index (κ3) is 6.48. The Morgan fingerprint density at radius 1 is 0.647 bits per heavy atom. The number of hydrogen-bond acceptors (Lipinski definition) is 4. The van der Waals surface area contributed by atoms with Crippen molar-refractivity contribution in [1.29, 1.82) is 0 Å². The molecule has 0 unspecified atom stereocenters. The van der Waals surface area contributed by atoms with E-state index in [1.165, 1.54) is 35.2 Å². The predicted molar refractivity (Wildman–Crippen MR) is 140 cm³/mol. The fraction of sp³-hybridized carbons (Fsp3) is 0.0714. The maximum Gasteiger partial charge on any atom is 1.00 e. The molecule has 0 aliphatic rings. The van der Waals surface area contributed by atoms with Crippen molar-refractivity contribution in [2.45, 2.75) is 6.92 Å². The van der Waals surface area contributed by atoms with Crippen LogP contribution in [0.1, 0.15) is 6.92 Å². The second-order valence-corrected chi connectivity index (χ2v) is 7.67. The summed E-state index contributed by atoms with van der Waals surface area (Å²) in [4.78, 5) is 4.34. The molecule has 0 radical (unpaired) electrons. The summed E-state index contributed by atoms with van der Waals surface area (Å²) in [6, 6.07) is 43.5. The van der Waals surface area contributed by atoms with E-state index in [1.807, 2.05) is 0 Å². The zero-order valence-electron chi connectivity index (χ0n) is 20.0. The number of nitrogens with zero attached hydrogens (tertiary/aromatic N) is 2. The van der Waals surface area contributed by atoms with Crippen molar-refractivity contribution in [3.8, 4) is 0 Å². The molecule has 4 nitrogen and oxygen atoms in total. The quantitative estimate of drug-likeness (QED) is 0.199. The minimum Gasteiger partial charge on any atom is -0.411 e. The summed E-state index contributed by atoms with van der Waals surface area (Å²) in [7, 11) is 1.43. The first kappa shape index (κ1) is 27.1. The van der Waals surface area contributed by atoms with E-state index in [4.69, 9.17) is 5.21 Å². The zero-order valence-corrected chi connectivity index (χ0v) is 22.0. The van der Waals surface area contributed by atoms with Crippen LogP contribution in [0.25, 0.3) is 0 Å². The summed E-state index contributed by atoms with van der Waals surface area (Å²) in [5, 5.41) is 14.0. The Hall–Kier alpha value is -3.12. The summed E-state index contributed by atoms with van der Waals surface area (Å²) in [5.74, 6) is 0. The summed E-state index contributed by atoms with van der Waals surface area (Å²) in [5.41, 5.74) is 5.88. The number of hydrogen-bond donors (Lipinski definition) is 1. The number of oxime groups is 2. The molecule has 0 heterocycles. The summed E-state index contributed by atoms with van der Waals surface area (Å²) in [6.45, 7) is 1.66. The van der Waals surface area contributed by atoms with Crippen molar-refractivity contribution in [3.05, 3.63) is 121 Å². The Morgan fingerprint density at radius 3 is 1.18 bits per heavy atom. The van der Waals surface area contributed by atoms with E-state index >= 15 is 0 Å². The van der Waals surface area contributed by atoms with E-state index < -0.39 is 6.15 Å². The monoisotopic (exact) mass is 458 g/mol. The van der Waals surface area contributed by atoms with Gasteiger partial charge in [0.25, 0.3) is 0 Å². The molecular formula is C28H28BN2NaO2. The Kier molecular flexibility index (Phi) is 11.3. The van der Waals surface area contributed by atoms with Crippen LogP contribution in [0.5, 0.6) is 0 Å². The van der Waals surface area contributed by atoms with Gasteiger partial charge in [-0.3, -0.25) is 0 Å². The minimum absolute atomic E-state index is 0. The molecule has 0 amide bonds. The standard InChI is InChI=1S/C24H20B.C4H8N2O2.Na/c1-5-13-21(14-6-1)25(22-15-7-2-8-16-22,23-17-9-3-10-18-23)24-19-11-4-12-20-24;1-4(3-5-7)6-8-2;/h1-20H;3,7H,1-2H3;/q-1;;+1. The van der Waals surface area contributed by atoms with Gasteiger partial charge in [-0.25, -0.2) is 0 Å². The Labute approximate surface area is 224 Å². The first-order chi connectivity index (χ1) is 16.2. The average molecular weight is 458 g/mol. The van der Waals surface area contributed by atoms with Crippen molar-refractivity contribution in [2.75, 3.05) is 7.11 Å². The molecule has 0 fully saturated rings. The second kappa shape index (κ2) is 14.2. The smallest absolute Gasteiger partial charge is 0.411 e. The van der Waals surface area contributed by atoms with Gasteiger partial charge in [-0.15, -0.1) is 0 Å². The number of rotatable bonds is 6. The maximum atomic E-state index is 7.90. The molecule has 0 spiro atoms. The maximum absolute atomic E-state index is 7.90. The van der Waals surface area contributed by atoms with Gasteiger partial charge in [0.05, 0.1) is 11.9 Å². The Balaban J connectivity index is 0.000000394. The van der Waals surface area contributed by atoms with Crippen LogP contribution in [-0.4, -0.2) is 30.4 Å². The van der Waals surface area contributed by atoms with Crippen molar-refractivity contribution >= 4 is 39.9 Å². The van der Waals surface area contributed by atoms with Gasteiger partial charge in [0.15, 0.2) is 0 Å². The van der Waals surface area contributed by atoms with E-state index in [1.54, 1.807) is 6.92 Å². The van der Waals surface area contributed by atoms with E-state index in [0.29, 0.717) is 5.71 Å². The molecule has 0 saturated carbocycles. The van der Waals surface area contributed by atoms with E-state index in [-0.39, 0.29) is 29.6 Å². The topological polar surface area (TPSA) is 54.2 Å². The van der Waals surface area contributed by atoms with Gasteiger partial charge < -0.3 is 10.0 Å². The van der Waals surface area contributed by atoms with Gasteiger partial charge in [-0.05, 0) is 6.92 Å². The van der Waals surface area contributed by atoms with Gasteiger partial charge in [-0.1, -0.05) is 132 Å². The van der Waals surface area contributed by atoms with Crippen LogP contribution in [0.2, 0.25) is 0 Å². The van der Waals surface area contributed by atoms with E-state index in [0.717, 1.165) is 0 Å². The molecule has 1 N–H and O–H groups in total. The van der Waals surface area contributed by atoms with Crippen LogP contribution in [-0.2, 0) is 4.84 Å². The second-order valence-electron chi connectivity index (χ2n) is 7.67. The minimum atomic E-state index is -1.22. The van der Waals surface area contributed by atoms with Crippen LogP contribution in [0.15, 0.2) is 132 Å². The first-order valence-electron chi connectivity index (χ1n) is 10.9. The molecule has 0 aliphatic heterocycles. The largest absolute Gasteiger partial charge is 1.00 e. The summed E-state index contributed by atoms with van der Waals surface area (Å²) >= 11 is 0. The Bertz CT molecular complexity index is 993. The molecule has 6 heteroatoms. The van der Waals surface area contributed by atoms with E-state index in [9.17, 15) is 0 Å². The van der Waals surface area contributed by atoms with Gasteiger partial charge in [-0.2, -0.15) is 21.9 Å². The first-order valence-corrected chi connectivity index (χ1v) is 10.9. The van der Waals surface area contributed by atoms with Crippen LogP contribution in [0.4, 0.5) is 0 Å². The molecule has 4 aromatic carbocycles. The molecular weight excluding hydrogens is 430 g/mol. The van der Waals surface area contributed by atoms with Crippen LogP contribution < -0.4 is 51.4 Å². The third-order valence-corrected chi connectivity index (χ3v) is 5.68. The van der Waals surface area contributed by atoms with Crippen LogP contribution >= 0.6 is 0 Å². The predicted octanol–water partition coefficient (Wildman–Crippen LogP) is 0.537. The van der Waals surface area contributed by atoms with Gasteiger partial charge in [0.2, 0.25) is 0 Å². The molecule has 0 atom stereocenters. The summed E-state index contributed by atoms with van der Waals surface area (Å²) < 4.78 is 0. The van der Waals surface area contributed by atoms with Crippen LogP contribution in [0, 0.1) is 0 Å². The average Bonchev–Trinajstić information content (AvgIpc) is 2.88. The fourth-order valence-corrected chi connectivity index (χ4v) is 4.37. The van der Waals surface area contributed by atoms with E-state index in [2.05, 4.69) is 136 Å². The molecule has 4 aromatic rings. The molecule has 34 heavy (non-hydrogen) atoms. The molecule has 0 aromatic heterocycles. The van der Waals surface area contributed by atoms with Crippen molar-refractivity contribution in [2.24, 2.45) is 10.3 Å². The Morgan fingerprint density at radius 2 is 0.941 bits per heavy atom. The van der Waals surface area contributed by atoms with Gasteiger partial charge >= 0.3 is 29.6 Å².